The van der Waals surface area contributed by atoms with Gasteiger partial charge in [-0.15, -0.1) is 11.3 Å². The highest BCUT2D eigenvalue weighted by Crippen LogP contribution is 2.25. The van der Waals surface area contributed by atoms with Crippen LogP contribution in [-0.2, 0) is 6.54 Å². The summed E-state index contributed by atoms with van der Waals surface area (Å²) in [5, 5.41) is 12.5. The maximum absolute atomic E-state index is 4.07. The van der Waals surface area contributed by atoms with Gasteiger partial charge in [-0.05, 0) is 18.0 Å². The van der Waals surface area contributed by atoms with Gasteiger partial charge >= 0.3 is 0 Å². The van der Waals surface area contributed by atoms with Crippen molar-refractivity contribution in [1.82, 2.24) is 15.5 Å². The molecule has 2 aromatic heterocycles. The van der Waals surface area contributed by atoms with Crippen molar-refractivity contribution in [2.75, 3.05) is 6.54 Å². The monoisotopic (exact) mass is 207 g/mol. The maximum Gasteiger partial charge on any atom is 0.0794 e. The van der Waals surface area contributed by atoms with Gasteiger partial charge in [0, 0.05) is 12.1 Å². The Labute approximate surface area is 87.2 Å². The van der Waals surface area contributed by atoms with Gasteiger partial charge in [0.05, 0.1) is 16.8 Å². The van der Waals surface area contributed by atoms with Crippen LogP contribution in [0.1, 0.15) is 12.5 Å². The Bertz CT molecular complexity index is 378. The molecule has 74 valence electrons. The Balaban J connectivity index is 2.22. The number of H-pyrrole nitrogens is 1. The molecule has 0 saturated carbocycles. The van der Waals surface area contributed by atoms with E-state index in [1.54, 1.807) is 11.3 Å². The van der Waals surface area contributed by atoms with Crippen LogP contribution >= 0.6 is 11.3 Å². The van der Waals surface area contributed by atoms with Crippen LogP contribution in [0.2, 0.25) is 0 Å². The minimum Gasteiger partial charge on any atom is -0.313 e. The Morgan fingerprint density at radius 1 is 1.57 bits per heavy atom. The molecule has 0 aromatic carbocycles. The summed E-state index contributed by atoms with van der Waals surface area (Å²) >= 11 is 1.73. The van der Waals surface area contributed by atoms with Crippen molar-refractivity contribution >= 4 is 11.3 Å². The van der Waals surface area contributed by atoms with Crippen LogP contribution in [0.25, 0.3) is 10.6 Å². The lowest BCUT2D eigenvalue weighted by Gasteiger charge is -2.00. The van der Waals surface area contributed by atoms with Crippen LogP contribution in [0.5, 0.6) is 0 Å². The van der Waals surface area contributed by atoms with Crippen LogP contribution < -0.4 is 5.32 Å². The molecule has 0 atom stereocenters. The molecule has 0 amide bonds. The number of thiophene rings is 1. The number of hydrogen-bond donors (Lipinski definition) is 2. The molecule has 0 fully saturated rings. The van der Waals surface area contributed by atoms with Crippen LogP contribution in [0, 0.1) is 0 Å². The first-order valence-corrected chi connectivity index (χ1v) is 5.56. The molecule has 0 aliphatic heterocycles. The molecule has 2 heterocycles. The highest BCUT2D eigenvalue weighted by molar-refractivity contribution is 7.13. The normalized spacial score (nSPS) is 10.6. The zero-order valence-corrected chi connectivity index (χ0v) is 8.90. The Morgan fingerprint density at radius 2 is 2.50 bits per heavy atom. The number of nitrogens with one attached hydrogen (secondary N) is 2. The molecular formula is C10H13N3S. The van der Waals surface area contributed by atoms with E-state index in [4.69, 9.17) is 0 Å². The zero-order chi connectivity index (χ0) is 9.80. The van der Waals surface area contributed by atoms with Gasteiger partial charge in [-0.2, -0.15) is 5.10 Å². The first-order valence-electron chi connectivity index (χ1n) is 4.68. The summed E-state index contributed by atoms with van der Waals surface area (Å²) in [6.07, 6.45) is 1.89. The van der Waals surface area contributed by atoms with Gasteiger partial charge in [0.2, 0.25) is 0 Å². The molecule has 0 aliphatic rings. The molecular weight excluding hydrogens is 194 g/mol. The molecule has 4 heteroatoms. The molecule has 0 bridgehead atoms. The second-order valence-electron chi connectivity index (χ2n) is 3.03. The van der Waals surface area contributed by atoms with E-state index in [-0.39, 0.29) is 0 Å². The fourth-order valence-electron chi connectivity index (χ4n) is 1.34. The summed E-state index contributed by atoms with van der Waals surface area (Å²) in [6.45, 7) is 3.96. The average molecular weight is 207 g/mol. The van der Waals surface area contributed by atoms with Crippen LogP contribution in [0.15, 0.2) is 23.7 Å². The molecule has 3 nitrogen and oxygen atoms in total. The van der Waals surface area contributed by atoms with Gasteiger partial charge in [0.15, 0.2) is 0 Å². The van der Waals surface area contributed by atoms with Crippen LogP contribution in [0.4, 0.5) is 0 Å². The van der Waals surface area contributed by atoms with Crippen molar-refractivity contribution in [2.24, 2.45) is 0 Å². The number of rotatable bonds is 4. The second kappa shape index (κ2) is 4.39. The van der Waals surface area contributed by atoms with Gasteiger partial charge in [0.25, 0.3) is 0 Å². The van der Waals surface area contributed by atoms with Gasteiger partial charge in [-0.3, -0.25) is 5.10 Å². The molecule has 14 heavy (non-hydrogen) atoms. The quantitative estimate of drug-likeness (QED) is 0.807. The summed E-state index contributed by atoms with van der Waals surface area (Å²) in [7, 11) is 0. The first kappa shape index (κ1) is 9.43. The zero-order valence-electron chi connectivity index (χ0n) is 8.08. The van der Waals surface area contributed by atoms with Crippen molar-refractivity contribution in [1.29, 1.82) is 0 Å². The van der Waals surface area contributed by atoms with Crippen LogP contribution in [0.3, 0.4) is 0 Å². The SMILES string of the molecule is CCNCc1cn[nH]c1-c1cccs1. The molecule has 2 rings (SSSR count). The summed E-state index contributed by atoms with van der Waals surface area (Å²) in [6, 6.07) is 4.16. The van der Waals surface area contributed by atoms with Gasteiger partial charge in [-0.25, -0.2) is 0 Å². The van der Waals surface area contributed by atoms with E-state index in [1.807, 2.05) is 6.20 Å². The van der Waals surface area contributed by atoms with Gasteiger partial charge in [0.1, 0.15) is 0 Å². The minimum absolute atomic E-state index is 0.875. The molecule has 0 aliphatic carbocycles. The van der Waals surface area contributed by atoms with Crippen molar-refractivity contribution in [3.05, 3.63) is 29.3 Å². The average Bonchev–Trinajstić information content (AvgIpc) is 2.84. The van der Waals surface area contributed by atoms with E-state index >= 15 is 0 Å². The molecule has 0 radical (unpaired) electrons. The van der Waals surface area contributed by atoms with Crippen molar-refractivity contribution in [3.63, 3.8) is 0 Å². The Morgan fingerprint density at radius 3 is 3.21 bits per heavy atom. The molecule has 2 aromatic rings. The smallest absolute Gasteiger partial charge is 0.0794 e. The third-order valence-electron chi connectivity index (χ3n) is 2.05. The number of hydrogen-bond acceptors (Lipinski definition) is 3. The maximum atomic E-state index is 4.07. The fraction of sp³-hybridized carbons (Fsp3) is 0.300. The summed E-state index contributed by atoms with van der Waals surface area (Å²) in [5.74, 6) is 0. The van der Waals surface area contributed by atoms with E-state index in [0.717, 1.165) is 18.8 Å². The van der Waals surface area contributed by atoms with Crippen LogP contribution in [-0.4, -0.2) is 16.7 Å². The number of nitrogens with zero attached hydrogens (tertiary/aromatic N) is 1. The lowest BCUT2D eigenvalue weighted by molar-refractivity contribution is 0.728. The number of aromatic nitrogens is 2. The van der Waals surface area contributed by atoms with Crippen molar-refractivity contribution in [3.8, 4) is 10.6 Å². The topological polar surface area (TPSA) is 40.7 Å². The third-order valence-corrected chi connectivity index (χ3v) is 2.94. The largest absolute Gasteiger partial charge is 0.313 e. The van der Waals surface area contributed by atoms with Gasteiger partial charge in [-0.1, -0.05) is 13.0 Å². The molecule has 2 N–H and O–H groups in total. The second-order valence-corrected chi connectivity index (χ2v) is 3.98. The minimum atomic E-state index is 0.875. The first-order chi connectivity index (χ1) is 6.92. The van der Waals surface area contributed by atoms with E-state index in [2.05, 4.69) is 40.0 Å². The lowest BCUT2D eigenvalue weighted by atomic mass is 10.2. The third kappa shape index (κ3) is 1.86. The van der Waals surface area contributed by atoms with Crippen molar-refractivity contribution in [2.45, 2.75) is 13.5 Å². The van der Waals surface area contributed by atoms with E-state index in [0.29, 0.717) is 0 Å². The summed E-state index contributed by atoms with van der Waals surface area (Å²) in [4.78, 5) is 1.25. The molecule has 0 spiro atoms. The Kier molecular flexibility index (Phi) is 2.96. The highest BCUT2D eigenvalue weighted by atomic mass is 32.1. The predicted octanol–water partition coefficient (Wildman–Crippen LogP) is 2.25. The number of aromatic amines is 1. The van der Waals surface area contributed by atoms with Gasteiger partial charge < -0.3 is 5.32 Å². The fourth-order valence-corrected chi connectivity index (χ4v) is 2.09. The standard InChI is InChI=1S/C10H13N3S/c1-2-11-6-8-7-12-13-10(8)9-4-3-5-14-9/h3-5,7,11H,2,6H2,1H3,(H,12,13). The molecule has 0 saturated heterocycles. The predicted molar refractivity (Wildman–Crippen MR) is 59.3 cm³/mol. The van der Waals surface area contributed by atoms with E-state index < -0.39 is 0 Å². The summed E-state index contributed by atoms with van der Waals surface area (Å²) in [5.41, 5.74) is 2.37. The molecule has 0 unspecified atom stereocenters. The highest BCUT2D eigenvalue weighted by Gasteiger charge is 2.07. The Hall–Kier alpha value is -1.13. The van der Waals surface area contributed by atoms with E-state index in [1.165, 1.54) is 10.4 Å². The summed E-state index contributed by atoms with van der Waals surface area (Å²) < 4.78 is 0. The van der Waals surface area contributed by atoms with E-state index in [9.17, 15) is 0 Å². The lowest BCUT2D eigenvalue weighted by Crippen LogP contribution is -2.11. The van der Waals surface area contributed by atoms with Crippen molar-refractivity contribution < 1.29 is 0 Å².